The fourth-order valence-electron chi connectivity index (χ4n) is 9.23. The Morgan fingerprint density at radius 2 is 1.52 bits per heavy atom. The Kier molecular flexibility index (Phi) is 6.88. The van der Waals surface area contributed by atoms with E-state index >= 15 is 0 Å². The van der Waals surface area contributed by atoms with Crippen LogP contribution in [0.1, 0.15) is 86.5 Å². The quantitative estimate of drug-likeness (QED) is 0.496. The van der Waals surface area contributed by atoms with Crippen molar-refractivity contribution in [3.63, 3.8) is 0 Å². The minimum atomic E-state index is -0.782. The van der Waals surface area contributed by atoms with E-state index in [0.29, 0.717) is 48.9 Å². The number of aliphatic hydroxyl groups excluding tert-OH is 4. The minimum Gasteiger partial charge on any atom is -0.390 e. The molecule has 0 aromatic carbocycles. The largest absolute Gasteiger partial charge is 0.390 e. The maximum Gasteiger partial charge on any atom is 0.136 e. The lowest BCUT2D eigenvalue weighted by Crippen LogP contribution is -2.59. The number of ketones is 1. The number of fused-ring (bicyclic) bond motifs is 5. The summed E-state index contributed by atoms with van der Waals surface area (Å²) in [5, 5.41) is 42.8. The number of hydrogen-bond acceptors (Lipinski definition) is 5. The summed E-state index contributed by atoms with van der Waals surface area (Å²) in [5.41, 5.74) is -0.162. The average molecular weight is 465 g/mol. The highest BCUT2D eigenvalue weighted by atomic mass is 16.3. The summed E-state index contributed by atoms with van der Waals surface area (Å²) in [6.07, 6.45) is 2.80. The third-order valence-electron chi connectivity index (χ3n) is 11.7. The van der Waals surface area contributed by atoms with Gasteiger partial charge < -0.3 is 20.4 Å². The maximum absolute atomic E-state index is 13.3. The molecule has 4 N–H and O–H groups in total. The molecule has 0 aromatic rings. The first-order chi connectivity index (χ1) is 15.3. The van der Waals surface area contributed by atoms with Crippen molar-refractivity contribution in [3.05, 3.63) is 0 Å². The van der Waals surface area contributed by atoms with Gasteiger partial charge in [-0.1, -0.05) is 41.5 Å². The molecule has 0 radical (unpaired) electrons. The van der Waals surface area contributed by atoms with Crippen molar-refractivity contribution in [3.8, 4) is 0 Å². The maximum atomic E-state index is 13.3. The third-order valence-corrected chi connectivity index (χ3v) is 11.7. The molecule has 190 valence electrons. The fraction of sp³-hybridized carbons (Fsp3) is 0.964. The van der Waals surface area contributed by atoms with Gasteiger partial charge in [-0.3, -0.25) is 4.79 Å². The highest BCUT2D eigenvalue weighted by molar-refractivity contribution is 5.83. The van der Waals surface area contributed by atoms with E-state index in [-0.39, 0.29) is 34.4 Å². The first-order valence-electron chi connectivity index (χ1n) is 13.6. The Labute approximate surface area is 200 Å². The van der Waals surface area contributed by atoms with Crippen molar-refractivity contribution in [2.24, 2.45) is 58.2 Å². The van der Waals surface area contributed by atoms with Crippen molar-refractivity contribution in [2.45, 2.75) is 111 Å². The Morgan fingerprint density at radius 1 is 0.879 bits per heavy atom. The summed E-state index contributed by atoms with van der Waals surface area (Å²) in [6, 6.07) is 0. The molecule has 4 unspecified atom stereocenters. The van der Waals surface area contributed by atoms with Crippen molar-refractivity contribution >= 4 is 5.78 Å². The molecule has 4 rings (SSSR count). The minimum absolute atomic E-state index is 0.0158. The number of hydrogen-bond donors (Lipinski definition) is 4. The van der Waals surface area contributed by atoms with Crippen LogP contribution in [0.4, 0.5) is 0 Å². The van der Waals surface area contributed by atoms with E-state index in [1.807, 2.05) is 6.92 Å². The van der Waals surface area contributed by atoms with Gasteiger partial charge in [0.1, 0.15) is 5.78 Å². The number of aliphatic hydroxyl groups is 4. The molecule has 5 heteroatoms. The molecule has 0 aliphatic heterocycles. The smallest absolute Gasteiger partial charge is 0.136 e. The highest BCUT2D eigenvalue weighted by Gasteiger charge is 2.63. The number of Topliss-reactive ketones (excluding diaryl/α,β-unsaturated/α-hetero) is 1. The van der Waals surface area contributed by atoms with E-state index in [2.05, 4.69) is 34.6 Å². The van der Waals surface area contributed by atoms with Crippen LogP contribution in [-0.2, 0) is 4.79 Å². The van der Waals surface area contributed by atoms with Crippen molar-refractivity contribution in [1.29, 1.82) is 0 Å². The first kappa shape index (κ1) is 25.6. The van der Waals surface area contributed by atoms with E-state index in [4.69, 9.17) is 0 Å². The second-order valence-electron chi connectivity index (χ2n) is 13.4. The molecule has 4 aliphatic carbocycles. The lowest BCUT2D eigenvalue weighted by Gasteiger charge is -2.61. The SMILES string of the molecule is CC(C)[C@H](C)[C@@H](O)[C@H](O)[C@@H](C)C1CCC2C3CC(=O)[C@H]4C[C@H](O)[C@H](O)C[C@]4(C)C3CC[C@@]21C. The van der Waals surface area contributed by atoms with Crippen molar-refractivity contribution in [2.75, 3.05) is 0 Å². The van der Waals surface area contributed by atoms with Crippen LogP contribution < -0.4 is 0 Å². The van der Waals surface area contributed by atoms with Crippen molar-refractivity contribution in [1.82, 2.24) is 0 Å². The Bertz CT molecular complexity index is 738. The molecule has 0 bridgehead atoms. The molecule has 0 amide bonds. The van der Waals surface area contributed by atoms with Gasteiger partial charge in [-0.05, 0) is 90.8 Å². The molecular weight excluding hydrogens is 416 g/mol. The molecule has 4 fully saturated rings. The van der Waals surface area contributed by atoms with E-state index in [9.17, 15) is 25.2 Å². The Hall–Kier alpha value is -0.490. The van der Waals surface area contributed by atoms with Crippen LogP contribution in [0.2, 0.25) is 0 Å². The second kappa shape index (κ2) is 8.87. The molecule has 0 heterocycles. The topological polar surface area (TPSA) is 98.0 Å². The lowest BCUT2D eigenvalue weighted by molar-refractivity contribution is -0.175. The zero-order valence-corrected chi connectivity index (χ0v) is 21.6. The number of carbonyl (C=O) groups is 1. The van der Waals surface area contributed by atoms with Crippen LogP contribution in [0.5, 0.6) is 0 Å². The van der Waals surface area contributed by atoms with Crippen LogP contribution in [-0.4, -0.2) is 50.6 Å². The molecule has 13 atom stereocenters. The molecule has 5 nitrogen and oxygen atoms in total. The molecule has 0 saturated heterocycles. The van der Waals surface area contributed by atoms with Crippen LogP contribution >= 0.6 is 0 Å². The van der Waals surface area contributed by atoms with Crippen molar-refractivity contribution < 1.29 is 25.2 Å². The molecule has 4 aliphatic rings. The summed E-state index contributed by atoms with van der Waals surface area (Å²) in [7, 11) is 0. The molecular formula is C28H48O5. The van der Waals surface area contributed by atoms with Gasteiger partial charge in [0, 0.05) is 12.3 Å². The molecule has 0 spiro atoms. The van der Waals surface area contributed by atoms with Gasteiger partial charge in [0.15, 0.2) is 0 Å². The van der Waals surface area contributed by atoms with Gasteiger partial charge >= 0.3 is 0 Å². The first-order valence-corrected chi connectivity index (χ1v) is 13.6. The van der Waals surface area contributed by atoms with Gasteiger partial charge in [-0.15, -0.1) is 0 Å². The molecule has 33 heavy (non-hydrogen) atoms. The van der Waals surface area contributed by atoms with Crippen LogP contribution in [0.15, 0.2) is 0 Å². The molecule has 0 aromatic heterocycles. The van der Waals surface area contributed by atoms with E-state index in [0.717, 1.165) is 25.7 Å². The lowest BCUT2D eigenvalue weighted by atomic mass is 9.44. The summed E-state index contributed by atoms with van der Waals surface area (Å²) >= 11 is 0. The number of rotatable bonds is 5. The van der Waals surface area contributed by atoms with Crippen LogP contribution in [0.3, 0.4) is 0 Å². The van der Waals surface area contributed by atoms with Gasteiger partial charge in [0.2, 0.25) is 0 Å². The standard InChI is InChI=1S/C28H48O5/c1-14(2)15(3)25(32)26(33)16(4)18-7-8-19-17-11-22(29)21-12-23(30)24(31)13-28(21,6)20(17)9-10-27(18,19)5/h14-21,23-26,30-33H,7-13H2,1-6H3/t15-,16-,17?,18?,19?,20?,21+,23-,24+,25+,26+,27+,28+/m0/s1. The normalized spacial score (nSPS) is 49.1. The van der Waals surface area contributed by atoms with Crippen LogP contribution in [0, 0.1) is 58.2 Å². The Balaban J connectivity index is 1.56. The van der Waals surface area contributed by atoms with E-state index in [1.54, 1.807) is 0 Å². The van der Waals surface area contributed by atoms with Gasteiger partial charge in [0.05, 0.1) is 24.4 Å². The van der Waals surface area contributed by atoms with Gasteiger partial charge in [-0.25, -0.2) is 0 Å². The van der Waals surface area contributed by atoms with Gasteiger partial charge in [-0.2, -0.15) is 0 Å². The third kappa shape index (κ3) is 3.93. The predicted octanol–water partition coefficient (Wildman–Crippen LogP) is 3.81. The summed E-state index contributed by atoms with van der Waals surface area (Å²) in [5.74, 6) is 2.05. The van der Waals surface area contributed by atoms with Crippen LogP contribution in [0.25, 0.3) is 0 Å². The summed E-state index contributed by atoms with van der Waals surface area (Å²) < 4.78 is 0. The summed E-state index contributed by atoms with van der Waals surface area (Å²) in [4.78, 5) is 13.3. The monoisotopic (exact) mass is 464 g/mol. The molecule has 4 saturated carbocycles. The van der Waals surface area contributed by atoms with E-state index in [1.165, 1.54) is 0 Å². The second-order valence-corrected chi connectivity index (χ2v) is 13.4. The average Bonchev–Trinajstić information content (AvgIpc) is 3.10. The van der Waals surface area contributed by atoms with Gasteiger partial charge in [0.25, 0.3) is 0 Å². The fourth-order valence-corrected chi connectivity index (χ4v) is 9.23. The van der Waals surface area contributed by atoms with E-state index < -0.39 is 24.4 Å². The zero-order valence-electron chi connectivity index (χ0n) is 21.6. The number of carbonyl (C=O) groups excluding carboxylic acids is 1. The zero-order chi connectivity index (χ0) is 24.5. The Morgan fingerprint density at radius 3 is 2.15 bits per heavy atom. The predicted molar refractivity (Wildman–Crippen MR) is 128 cm³/mol. The summed E-state index contributed by atoms with van der Waals surface area (Å²) in [6.45, 7) is 12.9. The highest BCUT2D eigenvalue weighted by Crippen LogP contribution is 2.67.